The largest absolute Gasteiger partial charge is 0.494 e. The minimum atomic E-state index is -0.324. The van der Waals surface area contributed by atoms with Crippen molar-refractivity contribution in [1.82, 2.24) is 4.90 Å². The molecule has 0 spiro atoms. The highest BCUT2D eigenvalue weighted by molar-refractivity contribution is 5.76. The van der Waals surface area contributed by atoms with Crippen molar-refractivity contribution in [3.8, 4) is 5.75 Å². The van der Waals surface area contributed by atoms with Gasteiger partial charge in [-0.1, -0.05) is 84.9 Å². The first-order chi connectivity index (χ1) is 18.1. The standard InChI is InChI=1S/C33H38N2O2/c34-33(36)22-25-9-7-14-31(21-25)37-18-8-17-35(23-30-20-26-15-16-29(30)19-26)24-32(27-10-3-1-4-11-27)28-12-5-2-6-13-28/h1-7,9-16,21,26,29-30,32H,8,17-20,22-24H2,(H2,34,36). The second-order valence-corrected chi connectivity index (χ2v) is 10.7. The summed E-state index contributed by atoms with van der Waals surface area (Å²) in [7, 11) is 0. The second-order valence-electron chi connectivity index (χ2n) is 10.7. The van der Waals surface area contributed by atoms with E-state index in [1.165, 1.54) is 24.0 Å². The third-order valence-electron chi connectivity index (χ3n) is 7.92. The SMILES string of the molecule is NC(=O)Cc1cccc(OCCCN(CC(c2ccccc2)c2ccccc2)CC2CC3C=CC2C3)c1. The number of rotatable bonds is 13. The van der Waals surface area contributed by atoms with Crippen molar-refractivity contribution in [3.63, 3.8) is 0 Å². The Morgan fingerprint density at radius 2 is 1.65 bits per heavy atom. The van der Waals surface area contributed by atoms with Crippen LogP contribution in [0.3, 0.4) is 0 Å². The number of ether oxygens (including phenoxy) is 1. The molecule has 3 aromatic carbocycles. The fourth-order valence-corrected chi connectivity index (χ4v) is 6.15. The summed E-state index contributed by atoms with van der Waals surface area (Å²) in [6.45, 7) is 3.78. The lowest BCUT2D eigenvalue weighted by atomic mass is 9.89. The number of nitrogens with two attached hydrogens (primary N) is 1. The molecule has 2 bridgehead atoms. The van der Waals surface area contributed by atoms with Crippen molar-refractivity contribution >= 4 is 5.91 Å². The van der Waals surface area contributed by atoms with Gasteiger partial charge < -0.3 is 15.4 Å². The molecule has 4 nitrogen and oxygen atoms in total. The van der Waals surface area contributed by atoms with E-state index in [2.05, 4.69) is 77.7 Å². The zero-order valence-corrected chi connectivity index (χ0v) is 21.5. The highest BCUT2D eigenvalue weighted by Crippen LogP contribution is 2.44. The fraction of sp³-hybridized carbons (Fsp3) is 0.364. The molecule has 192 valence electrons. The maximum Gasteiger partial charge on any atom is 0.221 e. The minimum Gasteiger partial charge on any atom is -0.494 e. The van der Waals surface area contributed by atoms with Crippen LogP contribution in [-0.4, -0.2) is 37.0 Å². The molecule has 37 heavy (non-hydrogen) atoms. The molecule has 2 aliphatic rings. The molecule has 0 aromatic heterocycles. The normalized spacial score (nSPS) is 20.1. The van der Waals surface area contributed by atoms with Crippen molar-refractivity contribution in [2.75, 3.05) is 26.2 Å². The van der Waals surface area contributed by atoms with E-state index >= 15 is 0 Å². The molecule has 1 fully saturated rings. The van der Waals surface area contributed by atoms with Crippen LogP contribution in [0.25, 0.3) is 0 Å². The quantitative estimate of drug-likeness (QED) is 0.240. The Labute approximate surface area is 221 Å². The number of nitrogens with zero attached hydrogens (tertiary/aromatic N) is 1. The van der Waals surface area contributed by atoms with Crippen LogP contribution in [-0.2, 0) is 11.2 Å². The first-order valence-electron chi connectivity index (χ1n) is 13.6. The number of fused-ring (bicyclic) bond motifs is 2. The lowest BCUT2D eigenvalue weighted by Gasteiger charge is -2.32. The van der Waals surface area contributed by atoms with E-state index in [9.17, 15) is 4.79 Å². The summed E-state index contributed by atoms with van der Waals surface area (Å²) >= 11 is 0. The van der Waals surface area contributed by atoms with Crippen LogP contribution < -0.4 is 10.5 Å². The highest BCUT2D eigenvalue weighted by Gasteiger charge is 2.36. The molecule has 0 saturated heterocycles. The summed E-state index contributed by atoms with van der Waals surface area (Å²) in [6.07, 6.45) is 8.75. The van der Waals surface area contributed by atoms with Crippen LogP contribution in [0.4, 0.5) is 0 Å². The van der Waals surface area contributed by atoms with Crippen LogP contribution in [0.1, 0.15) is 41.9 Å². The molecular weight excluding hydrogens is 456 g/mol. The molecule has 2 N–H and O–H groups in total. The Kier molecular flexibility index (Phi) is 8.37. The smallest absolute Gasteiger partial charge is 0.221 e. The van der Waals surface area contributed by atoms with E-state index in [0.29, 0.717) is 12.5 Å². The van der Waals surface area contributed by atoms with Gasteiger partial charge in [0, 0.05) is 25.6 Å². The molecule has 0 heterocycles. The lowest BCUT2D eigenvalue weighted by Crippen LogP contribution is -2.36. The van der Waals surface area contributed by atoms with Gasteiger partial charge >= 0.3 is 0 Å². The van der Waals surface area contributed by atoms with Gasteiger partial charge in [0.2, 0.25) is 5.91 Å². The molecule has 1 amide bonds. The first kappa shape index (κ1) is 25.3. The molecule has 0 radical (unpaired) electrons. The molecule has 4 heteroatoms. The molecule has 3 unspecified atom stereocenters. The van der Waals surface area contributed by atoms with Gasteiger partial charge in [0.05, 0.1) is 13.0 Å². The average molecular weight is 495 g/mol. The van der Waals surface area contributed by atoms with Crippen molar-refractivity contribution < 1.29 is 9.53 Å². The van der Waals surface area contributed by atoms with Gasteiger partial charge in [-0.2, -0.15) is 0 Å². The lowest BCUT2D eigenvalue weighted by molar-refractivity contribution is -0.117. The van der Waals surface area contributed by atoms with Crippen LogP contribution in [0, 0.1) is 17.8 Å². The molecule has 5 rings (SSSR count). The van der Waals surface area contributed by atoms with Gasteiger partial charge in [-0.15, -0.1) is 0 Å². The fourth-order valence-electron chi connectivity index (χ4n) is 6.15. The maximum absolute atomic E-state index is 11.3. The topological polar surface area (TPSA) is 55.6 Å². The molecule has 3 atom stereocenters. The molecule has 3 aromatic rings. The van der Waals surface area contributed by atoms with E-state index in [4.69, 9.17) is 10.5 Å². The zero-order valence-electron chi connectivity index (χ0n) is 21.5. The Bertz CT molecular complexity index is 1140. The number of hydrogen-bond acceptors (Lipinski definition) is 3. The summed E-state index contributed by atoms with van der Waals surface area (Å²) in [5.74, 6) is 3.08. The predicted molar refractivity (Wildman–Crippen MR) is 149 cm³/mol. The first-order valence-corrected chi connectivity index (χ1v) is 13.6. The van der Waals surface area contributed by atoms with E-state index in [0.717, 1.165) is 55.1 Å². The number of benzene rings is 3. The number of carbonyl (C=O) groups is 1. The number of amides is 1. The summed E-state index contributed by atoms with van der Waals surface area (Å²) in [5, 5.41) is 0. The van der Waals surface area contributed by atoms with Gasteiger partial charge in [0.25, 0.3) is 0 Å². The monoisotopic (exact) mass is 494 g/mol. The Morgan fingerprint density at radius 3 is 2.27 bits per heavy atom. The summed E-state index contributed by atoms with van der Waals surface area (Å²) in [5.41, 5.74) is 8.99. The number of hydrogen-bond donors (Lipinski definition) is 1. The molecular formula is C33H38N2O2. The summed E-state index contributed by atoms with van der Waals surface area (Å²) in [6, 6.07) is 29.5. The van der Waals surface area contributed by atoms with Crippen LogP contribution in [0.5, 0.6) is 5.75 Å². The van der Waals surface area contributed by atoms with E-state index in [1.807, 2.05) is 24.3 Å². The van der Waals surface area contributed by atoms with Gasteiger partial charge in [-0.05, 0) is 65.8 Å². The third kappa shape index (κ3) is 6.90. The van der Waals surface area contributed by atoms with E-state index < -0.39 is 0 Å². The Morgan fingerprint density at radius 1 is 0.919 bits per heavy atom. The number of primary amides is 1. The van der Waals surface area contributed by atoms with E-state index in [1.54, 1.807) is 0 Å². The third-order valence-corrected chi connectivity index (χ3v) is 7.92. The summed E-state index contributed by atoms with van der Waals surface area (Å²) in [4.78, 5) is 13.9. The van der Waals surface area contributed by atoms with E-state index in [-0.39, 0.29) is 12.3 Å². The van der Waals surface area contributed by atoms with Gasteiger partial charge in [0.1, 0.15) is 5.75 Å². The van der Waals surface area contributed by atoms with Crippen molar-refractivity contribution in [2.24, 2.45) is 23.5 Å². The minimum absolute atomic E-state index is 0.239. The second kappa shape index (κ2) is 12.2. The maximum atomic E-state index is 11.3. The molecule has 1 saturated carbocycles. The van der Waals surface area contributed by atoms with Gasteiger partial charge in [0.15, 0.2) is 0 Å². The van der Waals surface area contributed by atoms with Crippen LogP contribution >= 0.6 is 0 Å². The van der Waals surface area contributed by atoms with Crippen molar-refractivity contribution in [2.45, 2.75) is 31.6 Å². The van der Waals surface area contributed by atoms with Crippen LogP contribution in [0.15, 0.2) is 97.1 Å². The molecule has 0 aliphatic heterocycles. The zero-order chi connectivity index (χ0) is 25.5. The highest BCUT2D eigenvalue weighted by atomic mass is 16.5. The average Bonchev–Trinajstić information content (AvgIpc) is 3.54. The summed E-state index contributed by atoms with van der Waals surface area (Å²) < 4.78 is 6.08. The van der Waals surface area contributed by atoms with Crippen LogP contribution in [0.2, 0.25) is 0 Å². The molecule has 2 aliphatic carbocycles. The van der Waals surface area contributed by atoms with Gasteiger partial charge in [-0.25, -0.2) is 0 Å². The van der Waals surface area contributed by atoms with Crippen molar-refractivity contribution in [3.05, 3.63) is 114 Å². The predicted octanol–water partition coefficient (Wildman–Crippen LogP) is 5.83. The Hall–Kier alpha value is -3.37. The van der Waals surface area contributed by atoms with Crippen molar-refractivity contribution in [1.29, 1.82) is 0 Å². The number of allylic oxidation sites excluding steroid dienone is 2. The Balaban J connectivity index is 1.26. The number of carbonyl (C=O) groups excluding carboxylic acids is 1. The van der Waals surface area contributed by atoms with Gasteiger partial charge in [-0.3, -0.25) is 4.79 Å².